The Morgan fingerprint density at radius 3 is 2.14 bits per heavy atom. The highest BCUT2D eigenvalue weighted by Crippen LogP contribution is 2.36. The predicted octanol–water partition coefficient (Wildman–Crippen LogP) is 1.82. The number of carbonyl (C=O) groups is 2. The first-order chi connectivity index (χ1) is 10.0. The van der Waals surface area contributed by atoms with E-state index in [4.69, 9.17) is 18.0 Å². The summed E-state index contributed by atoms with van der Waals surface area (Å²) in [6.45, 7) is 0. The molecule has 1 aliphatic carbocycles. The van der Waals surface area contributed by atoms with Crippen LogP contribution in [0.4, 0.5) is 5.69 Å². The van der Waals surface area contributed by atoms with Crippen molar-refractivity contribution in [2.45, 2.75) is 0 Å². The maximum Gasteiger partial charge on any atom is 0.198 e. The Labute approximate surface area is 125 Å². The summed E-state index contributed by atoms with van der Waals surface area (Å²) in [5, 5.41) is 12.6. The maximum atomic E-state index is 12.6. The number of phenols is 1. The molecule has 0 amide bonds. The van der Waals surface area contributed by atoms with Gasteiger partial charge in [-0.15, -0.1) is 0 Å². The first-order valence-corrected chi connectivity index (χ1v) is 6.52. The van der Waals surface area contributed by atoms with Crippen molar-refractivity contribution in [1.82, 2.24) is 0 Å². The fourth-order valence-corrected chi connectivity index (χ4v) is 2.55. The Kier molecular flexibility index (Phi) is 2.95. The van der Waals surface area contributed by atoms with Crippen molar-refractivity contribution >= 4 is 34.6 Å². The minimum Gasteiger partial charge on any atom is -0.507 e. The Bertz CT molecular complexity index is 815. The van der Waals surface area contributed by atoms with E-state index in [0.717, 1.165) is 0 Å². The molecular weight excluding hydrogens is 288 g/mol. The van der Waals surface area contributed by atoms with Gasteiger partial charge in [0.05, 0.1) is 16.8 Å². The molecule has 0 heterocycles. The molecule has 1 aliphatic rings. The zero-order valence-electron chi connectivity index (χ0n) is 10.7. The number of nitrogens with one attached hydrogen (secondary N) is 1. The van der Waals surface area contributed by atoms with Crippen LogP contribution < -0.4 is 11.1 Å². The van der Waals surface area contributed by atoms with Crippen LogP contribution in [-0.2, 0) is 0 Å². The Morgan fingerprint density at radius 1 is 1.00 bits per heavy atom. The topological polar surface area (TPSA) is 92.4 Å². The van der Waals surface area contributed by atoms with Gasteiger partial charge in [-0.3, -0.25) is 9.59 Å². The third-order valence-corrected chi connectivity index (χ3v) is 3.41. The number of phenolic OH excluding ortho intramolecular Hbond substituents is 1. The molecular formula is C15H10N2O3S. The van der Waals surface area contributed by atoms with Crippen LogP contribution in [0.5, 0.6) is 5.75 Å². The Balaban J connectivity index is 2.31. The summed E-state index contributed by atoms with van der Waals surface area (Å²) in [7, 11) is 0. The van der Waals surface area contributed by atoms with Gasteiger partial charge in [-0.1, -0.05) is 24.3 Å². The van der Waals surface area contributed by atoms with Crippen molar-refractivity contribution in [2.75, 3.05) is 5.32 Å². The Hall–Kier alpha value is -2.73. The third kappa shape index (κ3) is 1.96. The third-order valence-electron chi connectivity index (χ3n) is 3.31. The van der Waals surface area contributed by atoms with E-state index in [-0.39, 0.29) is 33.3 Å². The summed E-state index contributed by atoms with van der Waals surface area (Å²) < 4.78 is 0. The number of rotatable bonds is 1. The fraction of sp³-hybridized carbons (Fsp3) is 0. The van der Waals surface area contributed by atoms with Crippen LogP contribution in [0.1, 0.15) is 31.8 Å². The molecule has 104 valence electrons. The fourth-order valence-electron chi connectivity index (χ4n) is 2.44. The average Bonchev–Trinajstić information content (AvgIpc) is 2.46. The maximum absolute atomic E-state index is 12.6. The van der Waals surface area contributed by atoms with Gasteiger partial charge >= 0.3 is 0 Å². The second kappa shape index (κ2) is 4.68. The van der Waals surface area contributed by atoms with Gasteiger partial charge < -0.3 is 16.2 Å². The van der Waals surface area contributed by atoms with Crippen molar-refractivity contribution in [2.24, 2.45) is 5.73 Å². The number of hydrogen-bond donors (Lipinski definition) is 3. The molecule has 0 aliphatic heterocycles. The first-order valence-electron chi connectivity index (χ1n) is 6.11. The molecule has 0 spiro atoms. The standard InChI is InChI=1S/C15H10N2O3S/c16-15(21)17-9-5-6-10(18)12-11(9)13(19)7-3-1-2-4-8(7)14(12)20/h1-6,18H,(H3,16,17,21). The molecule has 2 aromatic carbocycles. The van der Waals surface area contributed by atoms with Gasteiger partial charge in [0.15, 0.2) is 16.7 Å². The minimum absolute atomic E-state index is 0.0259. The molecule has 6 heteroatoms. The van der Waals surface area contributed by atoms with E-state index in [1.807, 2.05) is 0 Å². The van der Waals surface area contributed by atoms with E-state index in [2.05, 4.69) is 5.32 Å². The van der Waals surface area contributed by atoms with Crippen molar-refractivity contribution < 1.29 is 14.7 Å². The van der Waals surface area contributed by atoms with Gasteiger partial charge in [0.25, 0.3) is 0 Å². The van der Waals surface area contributed by atoms with Gasteiger partial charge in [-0.2, -0.15) is 0 Å². The summed E-state index contributed by atoms with van der Waals surface area (Å²) in [6.07, 6.45) is 0. The number of hydrogen-bond acceptors (Lipinski definition) is 4. The normalized spacial score (nSPS) is 12.6. The quantitative estimate of drug-likeness (QED) is 0.469. The van der Waals surface area contributed by atoms with Crippen LogP contribution in [0.2, 0.25) is 0 Å². The summed E-state index contributed by atoms with van der Waals surface area (Å²) in [5.41, 5.74) is 6.38. The van der Waals surface area contributed by atoms with Gasteiger partial charge in [-0.05, 0) is 24.4 Å². The molecule has 0 radical (unpaired) electrons. The van der Waals surface area contributed by atoms with E-state index in [1.165, 1.54) is 12.1 Å². The lowest BCUT2D eigenvalue weighted by molar-refractivity contribution is 0.0977. The summed E-state index contributed by atoms with van der Waals surface area (Å²) in [4.78, 5) is 25.1. The van der Waals surface area contributed by atoms with Crippen LogP contribution in [0.15, 0.2) is 36.4 Å². The van der Waals surface area contributed by atoms with Crippen molar-refractivity contribution in [3.63, 3.8) is 0 Å². The predicted molar refractivity (Wildman–Crippen MR) is 81.8 cm³/mol. The van der Waals surface area contributed by atoms with Gasteiger partial charge in [0, 0.05) is 11.1 Å². The van der Waals surface area contributed by atoms with Gasteiger partial charge in [-0.25, -0.2) is 0 Å². The highest BCUT2D eigenvalue weighted by molar-refractivity contribution is 7.80. The number of benzene rings is 2. The number of fused-ring (bicyclic) bond motifs is 2. The lowest BCUT2D eigenvalue weighted by Gasteiger charge is -2.21. The summed E-state index contributed by atoms with van der Waals surface area (Å²) in [6, 6.07) is 9.28. The molecule has 0 saturated carbocycles. The number of thiocarbonyl (C=S) groups is 1. The smallest absolute Gasteiger partial charge is 0.198 e. The van der Waals surface area contributed by atoms with E-state index >= 15 is 0 Å². The Morgan fingerprint density at radius 2 is 1.57 bits per heavy atom. The summed E-state index contributed by atoms with van der Waals surface area (Å²) >= 11 is 4.77. The minimum atomic E-state index is -0.399. The molecule has 0 atom stereocenters. The highest BCUT2D eigenvalue weighted by atomic mass is 32.1. The molecule has 0 aromatic heterocycles. The van der Waals surface area contributed by atoms with Crippen molar-refractivity contribution in [3.05, 3.63) is 58.7 Å². The first kappa shape index (κ1) is 13.3. The number of nitrogens with two attached hydrogens (primary N) is 1. The lowest BCUT2D eigenvalue weighted by Crippen LogP contribution is -2.25. The second-order valence-corrected chi connectivity index (χ2v) is 5.02. The van der Waals surface area contributed by atoms with Crippen molar-refractivity contribution in [3.8, 4) is 5.75 Å². The van der Waals surface area contributed by atoms with E-state index in [1.54, 1.807) is 24.3 Å². The van der Waals surface area contributed by atoms with E-state index < -0.39 is 5.78 Å². The molecule has 0 fully saturated rings. The molecule has 0 bridgehead atoms. The molecule has 4 N–H and O–H groups in total. The zero-order valence-corrected chi connectivity index (χ0v) is 11.5. The van der Waals surface area contributed by atoms with Gasteiger partial charge in [0.1, 0.15) is 5.75 Å². The van der Waals surface area contributed by atoms with Gasteiger partial charge in [0.2, 0.25) is 0 Å². The van der Waals surface area contributed by atoms with Crippen LogP contribution in [-0.4, -0.2) is 21.8 Å². The zero-order chi connectivity index (χ0) is 15.1. The van der Waals surface area contributed by atoms with Crippen LogP contribution in [0, 0.1) is 0 Å². The molecule has 0 saturated heterocycles. The molecule has 0 unspecified atom stereocenters. The number of anilines is 1. The molecule has 2 aromatic rings. The highest BCUT2D eigenvalue weighted by Gasteiger charge is 2.33. The summed E-state index contributed by atoms with van der Waals surface area (Å²) in [5.74, 6) is -0.995. The monoisotopic (exact) mass is 298 g/mol. The van der Waals surface area contributed by atoms with Crippen LogP contribution in [0.3, 0.4) is 0 Å². The average molecular weight is 298 g/mol. The number of ketones is 2. The van der Waals surface area contributed by atoms with Crippen molar-refractivity contribution in [1.29, 1.82) is 0 Å². The number of carbonyl (C=O) groups excluding carboxylic acids is 2. The largest absolute Gasteiger partial charge is 0.507 e. The molecule has 5 nitrogen and oxygen atoms in total. The SMILES string of the molecule is NC(=S)Nc1ccc(O)c2c1C(=O)c1ccccc1C2=O. The van der Waals surface area contributed by atoms with E-state index in [9.17, 15) is 14.7 Å². The molecule has 3 rings (SSSR count). The molecule has 21 heavy (non-hydrogen) atoms. The van der Waals surface area contributed by atoms with Crippen LogP contribution in [0.25, 0.3) is 0 Å². The van der Waals surface area contributed by atoms with E-state index in [0.29, 0.717) is 11.3 Å². The lowest BCUT2D eigenvalue weighted by atomic mass is 9.82. The second-order valence-electron chi connectivity index (χ2n) is 4.58. The van der Waals surface area contributed by atoms with Crippen LogP contribution >= 0.6 is 12.2 Å². The number of aromatic hydroxyl groups is 1.